The van der Waals surface area contributed by atoms with E-state index in [1.807, 2.05) is 18.2 Å². The normalized spacial score (nSPS) is 15.1. The third-order valence-corrected chi connectivity index (χ3v) is 6.70. The molecule has 2 aromatic carbocycles. The number of hydrogen-bond acceptors (Lipinski definition) is 6. The zero-order chi connectivity index (χ0) is 24.7. The highest BCUT2D eigenvalue weighted by molar-refractivity contribution is 6.04. The molecule has 1 aliphatic rings. The summed E-state index contributed by atoms with van der Waals surface area (Å²) in [6.07, 6.45) is 4.08. The van der Waals surface area contributed by atoms with Crippen LogP contribution in [0.5, 0.6) is 0 Å². The van der Waals surface area contributed by atoms with Crippen molar-refractivity contribution in [3.63, 3.8) is 0 Å². The fourth-order valence-electron chi connectivity index (χ4n) is 4.77. The van der Waals surface area contributed by atoms with Crippen LogP contribution in [0.4, 0.5) is 5.82 Å². The smallest absolute Gasteiger partial charge is 0.250 e. The summed E-state index contributed by atoms with van der Waals surface area (Å²) in [5.41, 5.74) is 9.50. The van der Waals surface area contributed by atoms with Crippen molar-refractivity contribution in [2.24, 2.45) is 5.73 Å². The highest BCUT2D eigenvalue weighted by atomic mass is 16.1. The monoisotopic (exact) mass is 483 g/mol. The molecule has 0 atom stereocenters. The lowest BCUT2D eigenvalue weighted by atomic mass is 10.2. The second-order valence-corrected chi connectivity index (χ2v) is 9.32. The Morgan fingerprint density at radius 2 is 1.81 bits per heavy atom. The summed E-state index contributed by atoms with van der Waals surface area (Å²) in [6.45, 7) is 7.57. The fourth-order valence-corrected chi connectivity index (χ4v) is 4.77. The van der Waals surface area contributed by atoms with E-state index < -0.39 is 5.91 Å². The third-order valence-electron chi connectivity index (χ3n) is 6.70. The number of pyridine rings is 1. The average molecular weight is 484 g/mol. The van der Waals surface area contributed by atoms with E-state index in [0.717, 1.165) is 69.1 Å². The summed E-state index contributed by atoms with van der Waals surface area (Å²) in [6, 6.07) is 20.1. The van der Waals surface area contributed by atoms with Gasteiger partial charge >= 0.3 is 0 Å². The highest BCUT2D eigenvalue weighted by Gasteiger charge is 2.15. The van der Waals surface area contributed by atoms with Crippen molar-refractivity contribution < 1.29 is 4.79 Å². The van der Waals surface area contributed by atoms with E-state index in [4.69, 9.17) is 5.73 Å². The largest absolute Gasteiger partial charge is 0.370 e. The summed E-state index contributed by atoms with van der Waals surface area (Å²) < 4.78 is 0. The summed E-state index contributed by atoms with van der Waals surface area (Å²) in [7, 11) is 0. The maximum Gasteiger partial charge on any atom is 0.250 e. The van der Waals surface area contributed by atoms with Crippen LogP contribution >= 0.6 is 0 Å². The van der Waals surface area contributed by atoms with Gasteiger partial charge in [-0.25, -0.2) is 9.97 Å². The molecule has 3 heterocycles. The van der Waals surface area contributed by atoms with Gasteiger partial charge in [0.05, 0.1) is 11.1 Å². The fraction of sp³-hybridized carbons (Fsp3) is 0.321. The van der Waals surface area contributed by atoms with E-state index in [1.165, 1.54) is 12.0 Å². The molecule has 36 heavy (non-hydrogen) atoms. The van der Waals surface area contributed by atoms with Gasteiger partial charge in [0.1, 0.15) is 17.2 Å². The Kier molecular flexibility index (Phi) is 7.54. The van der Waals surface area contributed by atoms with Crippen molar-refractivity contribution in [3.8, 4) is 11.4 Å². The molecular formula is C28H33N7O. The second-order valence-electron chi connectivity index (χ2n) is 9.32. The molecule has 186 valence electrons. The first-order chi connectivity index (χ1) is 17.7. The number of para-hydroxylation sites is 1. The Labute approximate surface area is 211 Å². The Morgan fingerprint density at radius 1 is 0.972 bits per heavy atom. The number of primary amides is 1. The Bertz CT molecular complexity index is 1290. The zero-order valence-corrected chi connectivity index (χ0v) is 20.5. The predicted molar refractivity (Wildman–Crippen MR) is 144 cm³/mol. The van der Waals surface area contributed by atoms with Gasteiger partial charge in [-0.3, -0.25) is 9.69 Å². The first kappa shape index (κ1) is 24.0. The van der Waals surface area contributed by atoms with Crippen molar-refractivity contribution >= 4 is 22.8 Å². The number of nitrogens with two attached hydrogens (primary N) is 1. The Hall–Kier alpha value is -3.75. The highest BCUT2D eigenvalue weighted by Crippen LogP contribution is 2.23. The molecule has 2 aromatic heterocycles. The number of anilines is 1. The van der Waals surface area contributed by atoms with Crippen molar-refractivity contribution in [2.45, 2.75) is 19.4 Å². The number of nitrogens with zero attached hydrogens (tertiary/aromatic N) is 4. The van der Waals surface area contributed by atoms with Crippen LogP contribution < -0.4 is 11.1 Å². The van der Waals surface area contributed by atoms with Crippen LogP contribution in [-0.4, -0.2) is 69.9 Å². The average Bonchev–Trinajstić information content (AvgIpc) is 3.22. The van der Waals surface area contributed by atoms with Gasteiger partial charge in [0.15, 0.2) is 0 Å². The number of imidazole rings is 1. The summed E-state index contributed by atoms with van der Waals surface area (Å²) in [5.74, 6) is 1.03. The number of amides is 1. The van der Waals surface area contributed by atoms with Gasteiger partial charge in [0, 0.05) is 37.9 Å². The lowest BCUT2D eigenvalue weighted by Gasteiger charge is -2.22. The molecule has 0 saturated carbocycles. The first-order valence-corrected chi connectivity index (χ1v) is 12.6. The molecule has 1 aliphatic heterocycles. The molecule has 8 heteroatoms. The number of nitrogens with one attached hydrogen (secondary N) is 2. The van der Waals surface area contributed by atoms with Crippen LogP contribution in [0.3, 0.4) is 0 Å². The van der Waals surface area contributed by atoms with E-state index in [-0.39, 0.29) is 0 Å². The van der Waals surface area contributed by atoms with Crippen LogP contribution in [0.25, 0.3) is 22.4 Å². The first-order valence-electron chi connectivity index (χ1n) is 12.6. The zero-order valence-electron chi connectivity index (χ0n) is 20.5. The molecule has 0 unspecified atom stereocenters. The second kappa shape index (κ2) is 11.3. The van der Waals surface area contributed by atoms with Gasteiger partial charge in [0.2, 0.25) is 0 Å². The standard InChI is InChI=1S/C28H33N7O/c29-27(36)23-9-4-10-24-26(23)33-28(32-24)22-11-12-25(31-19-22)30-13-5-14-34-15-6-16-35(18-17-34)20-21-7-2-1-3-8-21/h1-4,7-12,19H,5-6,13-18,20H2,(H2,29,36)(H,30,31)(H,32,33). The van der Waals surface area contributed by atoms with Crippen molar-refractivity contribution in [3.05, 3.63) is 78.0 Å². The van der Waals surface area contributed by atoms with Gasteiger partial charge in [-0.1, -0.05) is 36.4 Å². The van der Waals surface area contributed by atoms with Crippen LogP contribution in [0.15, 0.2) is 66.9 Å². The summed E-state index contributed by atoms with van der Waals surface area (Å²) in [4.78, 5) is 29.2. The van der Waals surface area contributed by atoms with Gasteiger partial charge in [-0.15, -0.1) is 0 Å². The Balaban J connectivity index is 1.08. The van der Waals surface area contributed by atoms with Gasteiger partial charge < -0.3 is 20.9 Å². The molecule has 8 nitrogen and oxygen atoms in total. The molecule has 4 N–H and O–H groups in total. The summed E-state index contributed by atoms with van der Waals surface area (Å²) >= 11 is 0. The Morgan fingerprint density at radius 3 is 2.61 bits per heavy atom. The topological polar surface area (TPSA) is 103 Å². The molecule has 5 rings (SSSR count). The van der Waals surface area contributed by atoms with Crippen LogP contribution in [-0.2, 0) is 6.54 Å². The predicted octanol–water partition coefficient (Wildman–Crippen LogP) is 3.73. The quantitative estimate of drug-likeness (QED) is 0.314. The van der Waals surface area contributed by atoms with E-state index >= 15 is 0 Å². The molecule has 1 fully saturated rings. The molecule has 0 aliphatic carbocycles. The van der Waals surface area contributed by atoms with Gasteiger partial charge in [-0.05, 0) is 62.3 Å². The molecule has 0 bridgehead atoms. The lowest BCUT2D eigenvalue weighted by Crippen LogP contribution is -2.31. The number of hydrogen-bond donors (Lipinski definition) is 3. The molecule has 4 aromatic rings. The molecule has 1 saturated heterocycles. The molecule has 1 amide bonds. The maximum atomic E-state index is 11.7. The minimum Gasteiger partial charge on any atom is -0.370 e. The van der Waals surface area contributed by atoms with Crippen molar-refractivity contribution in [1.29, 1.82) is 0 Å². The minimum absolute atomic E-state index is 0.412. The van der Waals surface area contributed by atoms with E-state index in [9.17, 15) is 4.79 Å². The van der Waals surface area contributed by atoms with Crippen molar-refractivity contribution in [2.75, 3.05) is 44.6 Å². The molecule has 0 radical (unpaired) electrons. The molecule has 0 spiro atoms. The molecular weight excluding hydrogens is 450 g/mol. The van der Waals surface area contributed by atoms with Gasteiger partial charge in [0.25, 0.3) is 5.91 Å². The van der Waals surface area contributed by atoms with Gasteiger partial charge in [-0.2, -0.15) is 0 Å². The number of rotatable bonds is 9. The number of benzene rings is 2. The lowest BCUT2D eigenvalue weighted by molar-refractivity contribution is 0.100. The third kappa shape index (κ3) is 5.90. The van der Waals surface area contributed by atoms with Crippen molar-refractivity contribution in [1.82, 2.24) is 24.8 Å². The SMILES string of the molecule is NC(=O)c1cccc2[nH]c(-c3ccc(NCCCN4CCCN(Cc5ccccc5)CC4)nc3)nc12. The number of carbonyl (C=O) groups excluding carboxylic acids is 1. The van der Waals surface area contributed by atoms with E-state index in [0.29, 0.717) is 16.9 Å². The number of fused-ring (bicyclic) bond motifs is 1. The van der Waals surface area contributed by atoms with Crippen LogP contribution in [0, 0.1) is 0 Å². The summed E-state index contributed by atoms with van der Waals surface area (Å²) in [5, 5.41) is 3.43. The minimum atomic E-state index is -0.485. The number of aromatic amines is 1. The number of carbonyl (C=O) groups is 1. The van der Waals surface area contributed by atoms with Crippen LogP contribution in [0.1, 0.15) is 28.8 Å². The number of aromatic nitrogens is 3. The van der Waals surface area contributed by atoms with E-state index in [2.05, 4.69) is 60.4 Å². The van der Waals surface area contributed by atoms with Crippen LogP contribution in [0.2, 0.25) is 0 Å². The number of H-pyrrole nitrogens is 1. The maximum absolute atomic E-state index is 11.7. The van der Waals surface area contributed by atoms with E-state index in [1.54, 1.807) is 18.3 Å².